The van der Waals surface area contributed by atoms with Gasteiger partial charge < -0.3 is 20.3 Å². The molecule has 2 rings (SSSR count). The van der Waals surface area contributed by atoms with Crippen LogP contribution in [-0.2, 0) is 9.59 Å². The van der Waals surface area contributed by atoms with Gasteiger partial charge in [-0.25, -0.2) is 0 Å². The van der Waals surface area contributed by atoms with Crippen LogP contribution in [0.25, 0.3) is 0 Å². The van der Waals surface area contributed by atoms with Crippen molar-refractivity contribution < 1.29 is 19.2 Å². The molecule has 2 aromatic rings. The summed E-state index contributed by atoms with van der Waals surface area (Å²) >= 11 is 0. The summed E-state index contributed by atoms with van der Waals surface area (Å²) in [5.41, 5.74) is 2.66. The second kappa shape index (κ2) is 11.2. The van der Waals surface area contributed by atoms with Gasteiger partial charge in [-0.15, -0.1) is 0 Å². The van der Waals surface area contributed by atoms with E-state index in [2.05, 4.69) is 30.5 Å². The monoisotopic (exact) mass is 398 g/mol. The van der Waals surface area contributed by atoms with E-state index in [0.29, 0.717) is 23.9 Å². The first-order valence-corrected chi connectivity index (χ1v) is 10.1. The van der Waals surface area contributed by atoms with Crippen molar-refractivity contribution in [2.24, 2.45) is 0 Å². The lowest BCUT2D eigenvalue weighted by atomic mass is 9.97. The second-order valence-electron chi connectivity index (χ2n) is 7.18. The molecule has 0 saturated carbocycles. The summed E-state index contributed by atoms with van der Waals surface area (Å²) in [6.07, 6.45) is 1.00. The van der Waals surface area contributed by atoms with Gasteiger partial charge in [0.2, 0.25) is 0 Å². The predicted octanol–water partition coefficient (Wildman–Crippen LogP) is 2.69. The molecule has 6 nitrogen and oxygen atoms in total. The number of amides is 2. The van der Waals surface area contributed by atoms with Crippen molar-refractivity contribution in [2.75, 3.05) is 37.4 Å². The Kier molecular flexibility index (Phi) is 8.68. The largest absolute Gasteiger partial charge is 0.497 e. The molecule has 0 heterocycles. The summed E-state index contributed by atoms with van der Waals surface area (Å²) in [6.45, 7) is 7.37. The zero-order chi connectivity index (χ0) is 21.2. The van der Waals surface area contributed by atoms with E-state index in [1.165, 1.54) is 0 Å². The standard InChI is InChI=1S/C23H31N3O3/c1-5-17(3)20-12-7-8-13-21(20)25-23(28)16-26(6-2)15-22(27)24-18-10-9-11-19(14-18)29-4/h7-14,17H,5-6,15-16H2,1-4H3,(H,24,27)(H,25,28)/p+1/t17-/m0/s1. The molecule has 0 radical (unpaired) electrons. The van der Waals surface area contributed by atoms with Crippen LogP contribution in [0.1, 0.15) is 38.7 Å². The summed E-state index contributed by atoms with van der Waals surface area (Å²) < 4.78 is 5.17. The number of rotatable bonds is 10. The average Bonchev–Trinajstić information content (AvgIpc) is 2.73. The number of carbonyl (C=O) groups is 2. The maximum atomic E-state index is 12.6. The minimum absolute atomic E-state index is 0.0909. The van der Waals surface area contributed by atoms with Gasteiger partial charge in [-0.05, 0) is 43.0 Å². The number of ether oxygens (including phenoxy) is 1. The van der Waals surface area contributed by atoms with E-state index >= 15 is 0 Å². The summed E-state index contributed by atoms with van der Waals surface area (Å²) in [5.74, 6) is 0.825. The maximum Gasteiger partial charge on any atom is 0.279 e. The Balaban J connectivity index is 1.93. The topological polar surface area (TPSA) is 71.9 Å². The van der Waals surface area contributed by atoms with Crippen LogP contribution in [0.15, 0.2) is 48.5 Å². The van der Waals surface area contributed by atoms with Crippen molar-refractivity contribution in [3.63, 3.8) is 0 Å². The Hall–Kier alpha value is -2.86. The Bertz CT molecular complexity index is 823. The van der Waals surface area contributed by atoms with E-state index < -0.39 is 0 Å². The summed E-state index contributed by atoms with van der Waals surface area (Å²) in [5, 5.41) is 5.89. The minimum atomic E-state index is -0.136. The highest BCUT2D eigenvalue weighted by Crippen LogP contribution is 2.26. The van der Waals surface area contributed by atoms with Gasteiger partial charge in [-0.2, -0.15) is 0 Å². The Morgan fingerprint density at radius 2 is 1.69 bits per heavy atom. The van der Waals surface area contributed by atoms with Crippen LogP contribution in [0.4, 0.5) is 11.4 Å². The molecule has 2 atom stereocenters. The van der Waals surface area contributed by atoms with Gasteiger partial charge in [0.25, 0.3) is 11.8 Å². The van der Waals surface area contributed by atoms with E-state index in [0.717, 1.165) is 22.6 Å². The lowest BCUT2D eigenvalue weighted by Gasteiger charge is -2.19. The molecule has 0 aliphatic rings. The molecule has 0 spiro atoms. The van der Waals surface area contributed by atoms with Gasteiger partial charge in [0.15, 0.2) is 13.1 Å². The van der Waals surface area contributed by atoms with Crippen LogP contribution in [-0.4, -0.2) is 38.6 Å². The maximum absolute atomic E-state index is 12.6. The number of methoxy groups -OCH3 is 1. The van der Waals surface area contributed by atoms with Gasteiger partial charge in [0.1, 0.15) is 5.75 Å². The molecule has 1 unspecified atom stereocenters. The Morgan fingerprint density at radius 1 is 1.00 bits per heavy atom. The van der Waals surface area contributed by atoms with Gasteiger partial charge in [-0.1, -0.05) is 38.1 Å². The molecule has 29 heavy (non-hydrogen) atoms. The van der Waals surface area contributed by atoms with E-state index in [1.807, 2.05) is 43.3 Å². The Labute approximate surface area is 173 Å². The van der Waals surface area contributed by atoms with Crippen molar-refractivity contribution in [1.29, 1.82) is 0 Å². The van der Waals surface area contributed by atoms with Crippen LogP contribution in [0.5, 0.6) is 5.75 Å². The summed E-state index contributed by atoms with van der Waals surface area (Å²) in [6, 6.07) is 15.1. The zero-order valence-corrected chi connectivity index (χ0v) is 17.7. The minimum Gasteiger partial charge on any atom is -0.497 e. The third-order valence-electron chi connectivity index (χ3n) is 5.05. The van der Waals surface area contributed by atoms with Crippen molar-refractivity contribution >= 4 is 23.2 Å². The number of quaternary nitrogens is 1. The summed E-state index contributed by atoms with van der Waals surface area (Å²) in [4.78, 5) is 25.9. The molecule has 0 aliphatic carbocycles. The number of benzene rings is 2. The van der Waals surface area contributed by atoms with E-state index in [1.54, 1.807) is 13.2 Å². The Morgan fingerprint density at radius 3 is 2.34 bits per heavy atom. The molecule has 6 heteroatoms. The molecular formula is C23H32N3O3+. The molecule has 0 aromatic heterocycles. The van der Waals surface area contributed by atoms with Gasteiger partial charge in [-0.3, -0.25) is 9.59 Å². The molecule has 156 valence electrons. The summed E-state index contributed by atoms with van der Waals surface area (Å²) in [7, 11) is 1.59. The molecule has 2 amide bonds. The van der Waals surface area contributed by atoms with Crippen LogP contribution in [0.3, 0.4) is 0 Å². The van der Waals surface area contributed by atoms with E-state index in [-0.39, 0.29) is 24.9 Å². The van der Waals surface area contributed by atoms with E-state index in [4.69, 9.17) is 4.74 Å². The van der Waals surface area contributed by atoms with Crippen LogP contribution in [0, 0.1) is 0 Å². The van der Waals surface area contributed by atoms with E-state index in [9.17, 15) is 9.59 Å². The first-order chi connectivity index (χ1) is 14.0. The number of anilines is 2. The normalized spacial score (nSPS) is 12.7. The quantitative estimate of drug-likeness (QED) is 0.576. The second-order valence-corrected chi connectivity index (χ2v) is 7.18. The fourth-order valence-electron chi connectivity index (χ4n) is 3.13. The smallest absolute Gasteiger partial charge is 0.279 e. The molecule has 0 fully saturated rings. The molecule has 0 bridgehead atoms. The zero-order valence-electron chi connectivity index (χ0n) is 17.7. The first-order valence-electron chi connectivity index (χ1n) is 10.1. The number of hydrogen-bond donors (Lipinski definition) is 3. The van der Waals surface area contributed by atoms with Gasteiger partial charge in [0, 0.05) is 17.4 Å². The highest BCUT2D eigenvalue weighted by atomic mass is 16.5. The van der Waals surface area contributed by atoms with Crippen molar-refractivity contribution in [3.05, 3.63) is 54.1 Å². The number of nitrogens with one attached hydrogen (secondary N) is 3. The fraction of sp³-hybridized carbons (Fsp3) is 0.391. The lowest BCUT2D eigenvalue weighted by molar-refractivity contribution is -0.881. The van der Waals surface area contributed by atoms with Crippen molar-refractivity contribution in [2.45, 2.75) is 33.1 Å². The number of likely N-dealkylation sites (N-methyl/N-ethyl adjacent to an activating group) is 1. The lowest BCUT2D eigenvalue weighted by Crippen LogP contribution is -3.13. The molecule has 0 saturated heterocycles. The van der Waals surface area contributed by atoms with Crippen LogP contribution in [0.2, 0.25) is 0 Å². The number of para-hydroxylation sites is 1. The van der Waals surface area contributed by atoms with Crippen molar-refractivity contribution in [1.82, 2.24) is 0 Å². The predicted molar refractivity (Wildman–Crippen MR) is 117 cm³/mol. The highest BCUT2D eigenvalue weighted by molar-refractivity contribution is 5.93. The van der Waals surface area contributed by atoms with Crippen molar-refractivity contribution in [3.8, 4) is 5.75 Å². The molecule has 3 N–H and O–H groups in total. The number of hydrogen-bond acceptors (Lipinski definition) is 3. The number of carbonyl (C=O) groups excluding carboxylic acids is 2. The van der Waals surface area contributed by atoms with Crippen LogP contribution >= 0.6 is 0 Å². The third-order valence-corrected chi connectivity index (χ3v) is 5.05. The molecule has 0 aliphatic heterocycles. The third kappa shape index (κ3) is 6.91. The first kappa shape index (κ1) is 22.4. The fourth-order valence-corrected chi connectivity index (χ4v) is 3.13. The highest BCUT2D eigenvalue weighted by Gasteiger charge is 2.18. The molecule has 2 aromatic carbocycles. The SMILES string of the molecule is CC[C@H](C)c1ccccc1NC(=O)C[NH+](CC)CC(=O)Nc1cccc(OC)c1. The van der Waals surface area contributed by atoms with Gasteiger partial charge in [0.05, 0.1) is 13.7 Å². The molecular weight excluding hydrogens is 366 g/mol. The average molecular weight is 399 g/mol. The van der Waals surface area contributed by atoms with Crippen LogP contribution < -0.4 is 20.3 Å². The van der Waals surface area contributed by atoms with Gasteiger partial charge >= 0.3 is 0 Å².